The van der Waals surface area contributed by atoms with Gasteiger partial charge in [0.15, 0.2) is 0 Å². The molecule has 4 heterocycles. The van der Waals surface area contributed by atoms with E-state index in [0.717, 1.165) is 88.5 Å². The van der Waals surface area contributed by atoms with Gasteiger partial charge in [-0.2, -0.15) is 0 Å². The Bertz CT molecular complexity index is 1490. The number of nitrogens with zero attached hydrogens (tertiary/aromatic N) is 6. The average Bonchev–Trinajstić information content (AvgIpc) is 3.13. The Labute approximate surface area is 278 Å². The molecule has 0 unspecified atom stereocenters. The van der Waals surface area contributed by atoms with Crippen LogP contribution in [0.25, 0.3) is 0 Å². The van der Waals surface area contributed by atoms with Gasteiger partial charge in [0.1, 0.15) is 23.1 Å². The van der Waals surface area contributed by atoms with Crippen molar-refractivity contribution >= 4 is 28.9 Å². The maximum atomic E-state index is 12.1. The topological polar surface area (TPSA) is 98.3 Å². The normalized spacial score (nSPS) is 15.3. The summed E-state index contributed by atoms with van der Waals surface area (Å²) in [6.07, 6.45) is 3.48. The summed E-state index contributed by atoms with van der Waals surface area (Å²) in [5, 5.41) is 6.19. The highest BCUT2D eigenvalue weighted by atomic mass is 16.5. The third-order valence-corrected chi connectivity index (χ3v) is 8.29. The van der Waals surface area contributed by atoms with Crippen LogP contribution < -0.4 is 29.9 Å². The van der Waals surface area contributed by atoms with Crippen LogP contribution in [0.15, 0.2) is 97.3 Å². The van der Waals surface area contributed by atoms with Crippen molar-refractivity contribution in [1.29, 1.82) is 0 Å². The summed E-state index contributed by atoms with van der Waals surface area (Å²) in [4.78, 5) is 29.8. The monoisotopic (exact) mass is 638 g/mol. The van der Waals surface area contributed by atoms with Crippen LogP contribution >= 0.6 is 0 Å². The number of carbonyl (C=O) groups excluding carboxylic acids is 1. The van der Waals surface area contributed by atoms with Gasteiger partial charge < -0.3 is 29.9 Å². The molecule has 2 aromatic heterocycles. The fraction of sp³-hybridized carbons (Fsp3) is 0.361. The van der Waals surface area contributed by atoms with Gasteiger partial charge in [-0.25, -0.2) is 9.97 Å². The molecule has 0 spiro atoms. The van der Waals surface area contributed by atoms with Gasteiger partial charge in [0.2, 0.25) is 5.91 Å². The number of hydrogen-bond donors (Lipinski definition) is 2. The number of pyridine rings is 2. The summed E-state index contributed by atoms with van der Waals surface area (Å²) in [5.74, 6) is 3.35. The number of anilines is 4. The molecule has 2 aliphatic heterocycles. The van der Waals surface area contributed by atoms with E-state index in [-0.39, 0.29) is 5.91 Å². The number of aromatic nitrogens is 2. The second kappa shape index (κ2) is 17.7. The Hall–Kier alpha value is -4.87. The van der Waals surface area contributed by atoms with Gasteiger partial charge in [0, 0.05) is 77.8 Å². The largest absolute Gasteiger partial charge is 0.495 e. The Balaban J connectivity index is 0.000000185. The fourth-order valence-electron chi connectivity index (χ4n) is 5.77. The number of rotatable bonds is 11. The van der Waals surface area contributed by atoms with Crippen LogP contribution in [0.4, 0.5) is 23.0 Å². The van der Waals surface area contributed by atoms with Gasteiger partial charge in [0.05, 0.1) is 32.1 Å². The summed E-state index contributed by atoms with van der Waals surface area (Å²) in [7, 11) is 3.43. The number of methoxy groups -OCH3 is 2. The summed E-state index contributed by atoms with van der Waals surface area (Å²) in [6, 6.07) is 27.7. The van der Waals surface area contributed by atoms with Crippen molar-refractivity contribution in [3.8, 4) is 11.5 Å². The standard InChI is InChI=1S/C18H22N4O2.C18H24N4O/c1-24-16-7-3-2-6-15(16)22-12-10-21(11-13-22)14-18(23)20-17-8-4-5-9-19-17;1-23-17-7-3-2-6-16(17)22-14-12-21(13-15-22)11-10-20-18-8-4-5-9-19-18/h2-9H,10-14H2,1H3,(H,19,20,23);2-9H,10-15H2,1H3,(H,19,20). The highest BCUT2D eigenvalue weighted by molar-refractivity contribution is 5.91. The lowest BCUT2D eigenvalue weighted by Crippen LogP contribution is -2.48. The molecule has 2 aromatic carbocycles. The molecule has 0 aliphatic carbocycles. The number of amides is 1. The minimum atomic E-state index is -0.0283. The molecule has 0 bridgehead atoms. The SMILES string of the molecule is COc1ccccc1N1CCN(CC(=O)Nc2ccccn2)CC1.COc1ccccc1N1CCN(CCNc2ccccn2)CC1. The van der Waals surface area contributed by atoms with Crippen molar-refractivity contribution in [3.63, 3.8) is 0 Å². The summed E-state index contributed by atoms with van der Waals surface area (Å²) in [6.45, 7) is 9.98. The van der Waals surface area contributed by atoms with E-state index < -0.39 is 0 Å². The molecule has 248 valence electrons. The van der Waals surface area contributed by atoms with Gasteiger partial charge in [0.25, 0.3) is 0 Å². The van der Waals surface area contributed by atoms with E-state index in [0.29, 0.717) is 12.4 Å². The molecule has 1 amide bonds. The lowest BCUT2D eigenvalue weighted by Gasteiger charge is -2.36. The molecule has 6 rings (SSSR count). The van der Waals surface area contributed by atoms with Crippen molar-refractivity contribution in [2.75, 3.05) is 107 Å². The van der Waals surface area contributed by atoms with Gasteiger partial charge >= 0.3 is 0 Å². The van der Waals surface area contributed by atoms with E-state index in [2.05, 4.69) is 58.4 Å². The molecule has 0 atom stereocenters. The van der Waals surface area contributed by atoms with Crippen molar-refractivity contribution in [2.24, 2.45) is 0 Å². The summed E-state index contributed by atoms with van der Waals surface area (Å²) in [5.41, 5.74) is 2.30. The van der Waals surface area contributed by atoms with E-state index in [4.69, 9.17) is 9.47 Å². The number of ether oxygens (including phenoxy) is 2. The molecule has 0 saturated carbocycles. The van der Waals surface area contributed by atoms with Crippen molar-refractivity contribution in [3.05, 3.63) is 97.3 Å². The van der Waals surface area contributed by atoms with Crippen LogP contribution in [0, 0.1) is 0 Å². The van der Waals surface area contributed by atoms with Crippen LogP contribution in [0.5, 0.6) is 11.5 Å². The van der Waals surface area contributed by atoms with Crippen LogP contribution in [0.2, 0.25) is 0 Å². The average molecular weight is 639 g/mol. The maximum absolute atomic E-state index is 12.1. The second-order valence-electron chi connectivity index (χ2n) is 11.3. The molecule has 2 aliphatic rings. The van der Waals surface area contributed by atoms with Gasteiger partial charge in [-0.15, -0.1) is 0 Å². The van der Waals surface area contributed by atoms with Crippen LogP contribution in [0.1, 0.15) is 0 Å². The van der Waals surface area contributed by atoms with E-state index in [1.54, 1.807) is 26.5 Å². The first-order valence-corrected chi connectivity index (χ1v) is 16.2. The third-order valence-electron chi connectivity index (χ3n) is 8.29. The van der Waals surface area contributed by atoms with Crippen LogP contribution in [-0.2, 0) is 4.79 Å². The van der Waals surface area contributed by atoms with E-state index in [1.807, 2.05) is 66.9 Å². The predicted molar refractivity (Wildman–Crippen MR) is 189 cm³/mol. The number of nitrogens with one attached hydrogen (secondary N) is 2. The molecule has 4 aromatic rings. The Morgan fingerprint density at radius 1 is 0.638 bits per heavy atom. The quantitative estimate of drug-likeness (QED) is 0.249. The lowest BCUT2D eigenvalue weighted by molar-refractivity contribution is -0.117. The summed E-state index contributed by atoms with van der Waals surface area (Å²) >= 11 is 0. The number of para-hydroxylation sites is 4. The zero-order valence-electron chi connectivity index (χ0n) is 27.4. The molecule has 11 heteroatoms. The van der Waals surface area contributed by atoms with E-state index in [1.165, 1.54) is 5.69 Å². The molecule has 2 saturated heterocycles. The lowest BCUT2D eigenvalue weighted by atomic mass is 10.2. The van der Waals surface area contributed by atoms with Crippen LogP contribution in [-0.4, -0.2) is 112 Å². The minimum Gasteiger partial charge on any atom is -0.495 e. The van der Waals surface area contributed by atoms with Crippen molar-refractivity contribution in [1.82, 2.24) is 19.8 Å². The minimum absolute atomic E-state index is 0.0283. The van der Waals surface area contributed by atoms with E-state index in [9.17, 15) is 4.79 Å². The number of benzene rings is 2. The zero-order chi connectivity index (χ0) is 32.7. The van der Waals surface area contributed by atoms with Gasteiger partial charge in [-0.05, 0) is 48.5 Å². The molecule has 2 N–H and O–H groups in total. The molecular formula is C36H46N8O3. The van der Waals surface area contributed by atoms with Crippen molar-refractivity contribution in [2.45, 2.75) is 0 Å². The fourth-order valence-corrected chi connectivity index (χ4v) is 5.77. The smallest absolute Gasteiger partial charge is 0.239 e. The molecule has 11 nitrogen and oxygen atoms in total. The van der Waals surface area contributed by atoms with Crippen LogP contribution in [0.3, 0.4) is 0 Å². The number of carbonyl (C=O) groups is 1. The summed E-state index contributed by atoms with van der Waals surface area (Å²) < 4.78 is 10.9. The number of hydrogen-bond acceptors (Lipinski definition) is 10. The van der Waals surface area contributed by atoms with Crippen molar-refractivity contribution < 1.29 is 14.3 Å². The Morgan fingerprint density at radius 2 is 1.13 bits per heavy atom. The van der Waals surface area contributed by atoms with E-state index >= 15 is 0 Å². The molecule has 2 fully saturated rings. The zero-order valence-corrected chi connectivity index (χ0v) is 27.4. The highest BCUT2D eigenvalue weighted by Gasteiger charge is 2.21. The first-order chi connectivity index (χ1) is 23.1. The molecule has 0 radical (unpaired) electrons. The first-order valence-electron chi connectivity index (χ1n) is 16.2. The predicted octanol–water partition coefficient (Wildman–Crippen LogP) is 4.18. The number of piperazine rings is 2. The van der Waals surface area contributed by atoms with Gasteiger partial charge in [-0.1, -0.05) is 36.4 Å². The first kappa shape index (κ1) is 33.5. The molecular weight excluding hydrogens is 592 g/mol. The van der Waals surface area contributed by atoms with Gasteiger partial charge in [-0.3, -0.25) is 14.6 Å². The Kier molecular flexibility index (Phi) is 12.6. The molecule has 47 heavy (non-hydrogen) atoms. The highest BCUT2D eigenvalue weighted by Crippen LogP contribution is 2.29. The second-order valence-corrected chi connectivity index (χ2v) is 11.3. The maximum Gasteiger partial charge on any atom is 0.239 e. The Morgan fingerprint density at radius 3 is 1.64 bits per heavy atom. The third kappa shape index (κ3) is 10.1.